The van der Waals surface area contributed by atoms with Crippen molar-refractivity contribution >= 4 is 17.9 Å². The van der Waals surface area contributed by atoms with Crippen LogP contribution in [0.25, 0.3) is 0 Å². The maximum absolute atomic E-state index is 14.0. The van der Waals surface area contributed by atoms with Gasteiger partial charge < -0.3 is 20.3 Å². The summed E-state index contributed by atoms with van der Waals surface area (Å²) in [5.74, 6) is -0.349. The zero-order valence-corrected chi connectivity index (χ0v) is 23.2. The summed E-state index contributed by atoms with van der Waals surface area (Å²) >= 11 is 0. The highest BCUT2D eigenvalue weighted by Crippen LogP contribution is 2.25. The molecule has 198 valence electrons. The largest absolute Gasteiger partial charge is 0.444 e. The summed E-state index contributed by atoms with van der Waals surface area (Å²) < 4.78 is 5.44. The molecule has 0 fully saturated rings. The van der Waals surface area contributed by atoms with Gasteiger partial charge in [0.05, 0.1) is 0 Å². The molecule has 0 aliphatic carbocycles. The van der Waals surface area contributed by atoms with E-state index in [1.807, 2.05) is 58.9 Å². The Kier molecular flexibility index (Phi) is 12.3. The van der Waals surface area contributed by atoms with Gasteiger partial charge in [0.1, 0.15) is 17.7 Å². The van der Waals surface area contributed by atoms with Crippen LogP contribution in [0.2, 0.25) is 0 Å². The van der Waals surface area contributed by atoms with Gasteiger partial charge in [-0.3, -0.25) is 9.59 Å². The summed E-state index contributed by atoms with van der Waals surface area (Å²) in [5, 5.41) is 5.78. The number of hydrogen-bond acceptors (Lipinski definition) is 4. The van der Waals surface area contributed by atoms with Gasteiger partial charge in [-0.15, -0.1) is 0 Å². The molecule has 0 saturated carbocycles. The zero-order valence-electron chi connectivity index (χ0n) is 23.2. The Hall–Kier alpha value is -2.57. The number of benzene rings is 1. The van der Waals surface area contributed by atoms with E-state index in [-0.39, 0.29) is 23.8 Å². The topological polar surface area (TPSA) is 87.7 Å². The average Bonchev–Trinajstić information content (AvgIpc) is 2.71. The predicted molar refractivity (Wildman–Crippen MR) is 141 cm³/mol. The van der Waals surface area contributed by atoms with Gasteiger partial charge in [0.2, 0.25) is 11.8 Å². The Morgan fingerprint density at radius 2 is 1.57 bits per heavy atom. The van der Waals surface area contributed by atoms with Crippen LogP contribution in [-0.4, -0.2) is 47.0 Å². The normalized spacial score (nSPS) is 13.3. The van der Waals surface area contributed by atoms with E-state index in [1.165, 1.54) is 0 Å². The second-order valence-electron chi connectivity index (χ2n) is 11.0. The summed E-state index contributed by atoms with van der Waals surface area (Å²) in [4.78, 5) is 41.7. The lowest BCUT2D eigenvalue weighted by Crippen LogP contribution is -2.54. The molecule has 0 heterocycles. The standard InChI is InChI=1S/C28H47N3O4/c1-10-11-12-17-31(24(25(32)29-20(4)5)22-15-13-21(6)14-16-22)26(33)23(18-19(2)3)30-27(34)35-28(7,8)9/h13-16,19-20,23-24H,10-12,17-18H2,1-9H3,(H,29,32)(H,30,34). The van der Waals surface area contributed by atoms with Gasteiger partial charge >= 0.3 is 6.09 Å². The van der Waals surface area contributed by atoms with E-state index in [4.69, 9.17) is 4.74 Å². The molecule has 0 aromatic heterocycles. The molecule has 1 aromatic carbocycles. The van der Waals surface area contributed by atoms with Crippen LogP contribution in [0.15, 0.2) is 24.3 Å². The molecule has 2 atom stereocenters. The summed E-state index contributed by atoms with van der Waals surface area (Å²) in [6.45, 7) is 17.7. The molecule has 1 aromatic rings. The van der Waals surface area contributed by atoms with Gasteiger partial charge in [-0.1, -0.05) is 63.4 Å². The number of carbonyl (C=O) groups is 3. The minimum Gasteiger partial charge on any atom is -0.444 e. The second kappa shape index (κ2) is 14.1. The number of rotatable bonds is 12. The quantitative estimate of drug-likeness (QED) is 0.379. The molecule has 0 spiro atoms. The van der Waals surface area contributed by atoms with Crippen LogP contribution in [0.4, 0.5) is 4.79 Å². The minimum atomic E-state index is -0.800. The van der Waals surface area contributed by atoms with E-state index in [0.29, 0.717) is 13.0 Å². The second-order valence-corrected chi connectivity index (χ2v) is 11.0. The molecule has 1 rings (SSSR count). The van der Waals surface area contributed by atoms with Crippen molar-refractivity contribution < 1.29 is 19.1 Å². The molecule has 0 aliphatic rings. The number of nitrogens with zero attached hydrogens (tertiary/aromatic N) is 1. The highest BCUT2D eigenvalue weighted by atomic mass is 16.6. The first kappa shape index (κ1) is 30.5. The zero-order chi connectivity index (χ0) is 26.8. The van der Waals surface area contributed by atoms with Gasteiger partial charge in [-0.05, 0) is 65.9 Å². The fourth-order valence-corrected chi connectivity index (χ4v) is 3.83. The third kappa shape index (κ3) is 11.1. The molecule has 0 radical (unpaired) electrons. The third-order valence-corrected chi connectivity index (χ3v) is 5.37. The van der Waals surface area contributed by atoms with Crippen molar-refractivity contribution in [3.8, 4) is 0 Å². The predicted octanol–water partition coefficient (Wildman–Crippen LogP) is 5.52. The number of aryl methyl sites for hydroxylation is 1. The smallest absolute Gasteiger partial charge is 0.408 e. The number of nitrogens with one attached hydrogen (secondary N) is 2. The van der Waals surface area contributed by atoms with Crippen molar-refractivity contribution in [1.29, 1.82) is 0 Å². The van der Waals surface area contributed by atoms with Crippen LogP contribution in [0.1, 0.15) is 98.2 Å². The molecule has 7 nitrogen and oxygen atoms in total. The Morgan fingerprint density at radius 3 is 2.06 bits per heavy atom. The Labute approximate surface area is 212 Å². The molecule has 35 heavy (non-hydrogen) atoms. The van der Waals surface area contributed by atoms with Crippen molar-refractivity contribution in [2.75, 3.05) is 6.54 Å². The summed E-state index contributed by atoms with van der Waals surface area (Å²) in [6.07, 6.45) is 2.49. The molecular formula is C28H47N3O4. The SMILES string of the molecule is CCCCCN(C(=O)C(CC(C)C)NC(=O)OC(C)(C)C)C(C(=O)NC(C)C)c1ccc(C)cc1. The summed E-state index contributed by atoms with van der Waals surface area (Å²) in [7, 11) is 0. The fraction of sp³-hybridized carbons (Fsp3) is 0.679. The van der Waals surface area contributed by atoms with Gasteiger partial charge in [0.15, 0.2) is 0 Å². The number of unbranched alkanes of at least 4 members (excludes halogenated alkanes) is 2. The van der Waals surface area contributed by atoms with E-state index < -0.39 is 23.8 Å². The lowest BCUT2D eigenvalue weighted by atomic mass is 9.98. The van der Waals surface area contributed by atoms with Gasteiger partial charge in [-0.2, -0.15) is 0 Å². The van der Waals surface area contributed by atoms with Crippen LogP contribution in [0.3, 0.4) is 0 Å². The Bertz CT molecular complexity index is 812. The summed E-state index contributed by atoms with van der Waals surface area (Å²) in [5.41, 5.74) is 1.14. The van der Waals surface area contributed by atoms with Crippen LogP contribution in [0, 0.1) is 12.8 Å². The van der Waals surface area contributed by atoms with Crippen LogP contribution in [0.5, 0.6) is 0 Å². The average molecular weight is 490 g/mol. The number of carbonyl (C=O) groups excluding carboxylic acids is 3. The molecule has 0 aliphatic heterocycles. The molecule has 2 N–H and O–H groups in total. The van der Waals surface area contributed by atoms with Crippen LogP contribution < -0.4 is 10.6 Å². The van der Waals surface area contributed by atoms with Gasteiger partial charge in [-0.25, -0.2) is 4.79 Å². The highest BCUT2D eigenvalue weighted by molar-refractivity contribution is 5.92. The van der Waals surface area contributed by atoms with E-state index in [0.717, 1.165) is 30.4 Å². The lowest BCUT2D eigenvalue weighted by Gasteiger charge is -2.35. The monoisotopic (exact) mass is 489 g/mol. The van der Waals surface area contributed by atoms with Crippen molar-refractivity contribution in [2.24, 2.45) is 5.92 Å². The van der Waals surface area contributed by atoms with Crippen molar-refractivity contribution in [3.63, 3.8) is 0 Å². The van der Waals surface area contributed by atoms with Gasteiger partial charge in [0.25, 0.3) is 0 Å². The number of ether oxygens (including phenoxy) is 1. The maximum Gasteiger partial charge on any atom is 0.408 e. The van der Waals surface area contributed by atoms with Crippen molar-refractivity contribution in [2.45, 2.75) is 112 Å². The molecular weight excluding hydrogens is 442 g/mol. The van der Waals surface area contributed by atoms with E-state index in [9.17, 15) is 14.4 Å². The number of hydrogen-bond donors (Lipinski definition) is 2. The van der Waals surface area contributed by atoms with E-state index in [2.05, 4.69) is 17.6 Å². The fourth-order valence-electron chi connectivity index (χ4n) is 3.83. The molecule has 3 amide bonds. The first-order valence-corrected chi connectivity index (χ1v) is 12.9. The van der Waals surface area contributed by atoms with Crippen LogP contribution >= 0.6 is 0 Å². The van der Waals surface area contributed by atoms with Crippen LogP contribution in [-0.2, 0) is 14.3 Å². The van der Waals surface area contributed by atoms with Crippen molar-refractivity contribution in [3.05, 3.63) is 35.4 Å². The highest BCUT2D eigenvalue weighted by Gasteiger charge is 2.36. The number of alkyl carbamates (subject to hydrolysis) is 1. The van der Waals surface area contributed by atoms with E-state index >= 15 is 0 Å². The Morgan fingerprint density at radius 1 is 0.971 bits per heavy atom. The molecule has 2 unspecified atom stereocenters. The lowest BCUT2D eigenvalue weighted by molar-refractivity contribution is -0.143. The van der Waals surface area contributed by atoms with E-state index in [1.54, 1.807) is 25.7 Å². The van der Waals surface area contributed by atoms with Crippen molar-refractivity contribution in [1.82, 2.24) is 15.5 Å². The minimum absolute atomic E-state index is 0.0746. The van der Waals surface area contributed by atoms with Gasteiger partial charge in [0, 0.05) is 12.6 Å². The molecule has 0 bridgehead atoms. The number of amides is 3. The maximum atomic E-state index is 14.0. The summed E-state index contributed by atoms with van der Waals surface area (Å²) in [6, 6.07) is 6.03. The first-order chi connectivity index (χ1) is 16.2. The molecule has 7 heteroatoms. The molecule has 0 saturated heterocycles. The Balaban J connectivity index is 3.44. The third-order valence-electron chi connectivity index (χ3n) is 5.37. The first-order valence-electron chi connectivity index (χ1n) is 12.9.